The zero-order valence-electron chi connectivity index (χ0n) is 10.9. The molecule has 0 radical (unpaired) electrons. The molecule has 0 atom stereocenters. The number of ether oxygens (including phenoxy) is 3. The number of allylic oxidation sites excluding steroid dienone is 2. The van der Waals surface area contributed by atoms with Crippen molar-refractivity contribution >= 4 is 0 Å². The lowest BCUT2D eigenvalue weighted by molar-refractivity contribution is 0.322. The highest BCUT2D eigenvalue weighted by Crippen LogP contribution is 2.40. The van der Waals surface area contributed by atoms with E-state index < -0.39 is 0 Å². The van der Waals surface area contributed by atoms with Crippen LogP contribution < -0.4 is 14.2 Å². The van der Waals surface area contributed by atoms with Gasteiger partial charge in [0.25, 0.3) is 0 Å². The molecule has 0 amide bonds. The van der Waals surface area contributed by atoms with Crippen molar-refractivity contribution < 1.29 is 14.2 Å². The van der Waals surface area contributed by atoms with E-state index in [1.54, 1.807) is 21.3 Å². The van der Waals surface area contributed by atoms with Crippen LogP contribution in [-0.4, -0.2) is 21.3 Å². The van der Waals surface area contributed by atoms with E-state index in [1.807, 2.05) is 25.1 Å². The highest BCUT2D eigenvalue weighted by atomic mass is 16.5. The first-order valence-electron chi connectivity index (χ1n) is 5.67. The molecule has 0 aliphatic carbocycles. The summed E-state index contributed by atoms with van der Waals surface area (Å²) >= 11 is 0. The van der Waals surface area contributed by atoms with Crippen LogP contribution in [-0.2, 0) is 6.42 Å². The Morgan fingerprint density at radius 2 is 1.71 bits per heavy atom. The third-order valence-corrected chi connectivity index (χ3v) is 2.60. The minimum Gasteiger partial charge on any atom is -0.493 e. The molecule has 1 aromatic rings. The van der Waals surface area contributed by atoms with E-state index in [0.29, 0.717) is 11.5 Å². The Labute approximate surface area is 103 Å². The standard InChI is InChI=1S/C14H20O3/c1-5-6-7-8-11-9-10-12(15-2)14(17-4)13(11)16-3/h5-6,9-10H,7-8H2,1-4H3/b6-5-. The Morgan fingerprint density at radius 3 is 2.24 bits per heavy atom. The van der Waals surface area contributed by atoms with Gasteiger partial charge >= 0.3 is 0 Å². The molecule has 0 aromatic heterocycles. The van der Waals surface area contributed by atoms with Gasteiger partial charge < -0.3 is 14.2 Å². The van der Waals surface area contributed by atoms with Crippen molar-refractivity contribution in [3.63, 3.8) is 0 Å². The number of hydrogen-bond acceptors (Lipinski definition) is 3. The minimum atomic E-state index is 0.660. The minimum absolute atomic E-state index is 0.660. The third kappa shape index (κ3) is 3.16. The van der Waals surface area contributed by atoms with Gasteiger partial charge in [0, 0.05) is 0 Å². The highest BCUT2D eigenvalue weighted by Gasteiger charge is 2.14. The van der Waals surface area contributed by atoms with Crippen LogP contribution in [0.4, 0.5) is 0 Å². The summed E-state index contributed by atoms with van der Waals surface area (Å²) in [7, 11) is 4.89. The molecule has 0 saturated heterocycles. The van der Waals surface area contributed by atoms with Crippen molar-refractivity contribution in [1.29, 1.82) is 0 Å². The quantitative estimate of drug-likeness (QED) is 0.710. The van der Waals surface area contributed by atoms with Crippen molar-refractivity contribution in [2.45, 2.75) is 19.8 Å². The van der Waals surface area contributed by atoms with Crippen LogP contribution in [0, 0.1) is 0 Å². The molecule has 0 aliphatic rings. The van der Waals surface area contributed by atoms with Crippen LogP contribution in [0.2, 0.25) is 0 Å². The summed E-state index contributed by atoms with van der Waals surface area (Å²) in [6, 6.07) is 3.93. The van der Waals surface area contributed by atoms with E-state index in [0.717, 1.165) is 24.2 Å². The summed E-state index contributed by atoms with van der Waals surface area (Å²) in [6.07, 6.45) is 6.10. The Hall–Kier alpha value is -1.64. The number of hydrogen-bond donors (Lipinski definition) is 0. The topological polar surface area (TPSA) is 27.7 Å². The predicted molar refractivity (Wildman–Crippen MR) is 69.2 cm³/mol. The fraction of sp³-hybridized carbons (Fsp3) is 0.429. The Bertz CT molecular complexity index is 383. The van der Waals surface area contributed by atoms with E-state index in [-0.39, 0.29) is 0 Å². The first kappa shape index (κ1) is 13.4. The van der Waals surface area contributed by atoms with Gasteiger partial charge in [-0.05, 0) is 31.4 Å². The van der Waals surface area contributed by atoms with Gasteiger partial charge in [-0.3, -0.25) is 0 Å². The number of methoxy groups -OCH3 is 3. The second-order valence-corrected chi connectivity index (χ2v) is 3.60. The number of aryl methyl sites for hydroxylation is 1. The fourth-order valence-electron chi connectivity index (χ4n) is 1.77. The highest BCUT2D eigenvalue weighted by molar-refractivity contribution is 5.55. The second kappa shape index (κ2) is 6.84. The molecular formula is C14H20O3. The SMILES string of the molecule is C/C=C\CCc1ccc(OC)c(OC)c1OC. The Kier molecular flexibility index (Phi) is 5.40. The van der Waals surface area contributed by atoms with Gasteiger partial charge in [0.1, 0.15) is 0 Å². The molecule has 0 fully saturated rings. The predicted octanol–water partition coefficient (Wildman–Crippen LogP) is 3.22. The van der Waals surface area contributed by atoms with Crippen molar-refractivity contribution in [2.75, 3.05) is 21.3 Å². The van der Waals surface area contributed by atoms with Crippen molar-refractivity contribution in [3.8, 4) is 17.2 Å². The zero-order valence-corrected chi connectivity index (χ0v) is 10.9. The maximum Gasteiger partial charge on any atom is 0.203 e. The van der Waals surface area contributed by atoms with Crippen LogP contribution >= 0.6 is 0 Å². The summed E-state index contributed by atoms with van der Waals surface area (Å²) in [5.41, 5.74) is 1.13. The van der Waals surface area contributed by atoms with E-state index in [9.17, 15) is 0 Å². The van der Waals surface area contributed by atoms with Crippen LogP contribution in [0.3, 0.4) is 0 Å². The van der Waals surface area contributed by atoms with Crippen molar-refractivity contribution in [3.05, 3.63) is 29.8 Å². The molecule has 0 saturated carbocycles. The molecule has 0 N–H and O–H groups in total. The first-order chi connectivity index (χ1) is 8.28. The van der Waals surface area contributed by atoms with E-state index in [4.69, 9.17) is 14.2 Å². The molecule has 1 rings (SSSR count). The normalized spacial score (nSPS) is 10.6. The Morgan fingerprint density at radius 1 is 1.00 bits per heavy atom. The van der Waals surface area contributed by atoms with Crippen molar-refractivity contribution in [1.82, 2.24) is 0 Å². The van der Waals surface area contributed by atoms with Crippen molar-refractivity contribution in [2.24, 2.45) is 0 Å². The lowest BCUT2D eigenvalue weighted by Crippen LogP contribution is -1.98. The lowest BCUT2D eigenvalue weighted by atomic mass is 10.1. The molecule has 17 heavy (non-hydrogen) atoms. The summed E-state index contributed by atoms with van der Waals surface area (Å²) in [5.74, 6) is 2.11. The maximum absolute atomic E-state index is 5.41. The molecular weight excluding hydrogens is 216 g/mol. The molecule has 0 aliphatic heterocycles. The Balaban J connectivity index is 3.05. The van der Waals surface area contributed by atoms with Crippen LogP contribution in [0.25, 0.3) is 0 Å². The lowest BCUT2D eigenvalue weighted by Gasteiger charge is -2.15. The van der Waals surface area contributed by atoms with Gasteiger partial charge in [0.05, 0.1) is 21.3 Å². The van der Waals surface area contributed by atoms with E-state index in [2.05, 4.69) is 6.08 Å². The molecule has 3 heteroatoms. The molecule has 3 nitrogen and oxygen atoms in total. The van der Waals surface area contributed by atoms with Gasteiger partial charge in [0.15, 0.2) is 11.5 Å². The monoisotopic (exact) mass is 236 g/mol. The first-order valence-corrected chi connectivity index (χ1v) is 5.67. The van der Waals surface area contributed by atoms with E-state index >= 15 is 0 Å². The summed E-state index contributed by atoms with van der Waals surface area (Å²) < 4.78 is 16.0. The smallest absolute Gasteiger partial charge is 0.203 e. The third-order valence-electron chi connectivity index (χ3n) is 2.60. The molecule has 1 aromatic carbocycles. The zero-order chi connectivity index (χ0) is 12.7. The van der Waals surface area contributed by atoms with Crippen LogP contribution in [0.15, 0.2) is 24.3 Å². The van der Waals surface area contributed by atoms with Gasteiger partial charge in [-0.15, -0.1) is 0 Å². The second-order valence-electron chi connectivity index (χ2n) is 3.60. The maximum atomic E-state index is 5.41. The molecule has 0 bridgehead atoms. The van der Waals surface area contributed by atoms with Crippen LogP contribution in [0.5, 0.6) is 17.2 Å². The van der Waals surface area contributed by atoms with Crippen LogP contribution in [0.1, 0.15) is 18.9 Å². The number of benzene rings is 1. The molecule has 0 spiro atoms. The number of rotatable bonds is 6. The summed E-state index contributed by atoms with van der Waals surface area (Å²) in [6.45, 7) is 2.02. The van der Waals surface area contributed by atoms with Gasteiger partial charge in [-0.2, -0.15) is 0 Å². The molecule has 94 valence electrons. The summed E-state index contributed by atoms with van der Waals surface area (Å²) in [4.78, 5) is 0. The fourth-order valence-corrected chi connectivity index (χ4v) is 1.77. The molecule has 0 unspecified atom stereocenters. The van der Waals surface area contributed by atoms with Gasteiger partial charge in [0.2, 0.25) is 5.75 Å². The average Bonchev–Trinajstić information content (AvgIpc) is 2.38. The van der Waals surface area contributed by atoms with E-state index in [1.165, 1.54) is 0 Å². The molecule has 0 heterocycles. The largest absolute Gasteiger partial charge is 0.493 e. The van der Waals surface area contributed by atoms with Gasteiger partial charge in [-0.1, -0.05) is 18.2 Å². The van der Waals surface area contributed by atoms with Gasteiger partial charge in [-0.25, -0.2) is 0 Å². The average molecular weight is 236 g/mol. The summed E-state index contributed by atoms with van der Waals surface area (Å²) in [5, 5.41) is 0.